The summed E-state index contributed by atoms with van der Waals surface area (Å²) in [5.41, 5.74) is 0.224. The largest absolute Gasteiger partial charge is 0.481 e. The van der Waals surface area contributed by atoms with Crippen LogP contribution in [-0.4, -0.2) is 48.7 Å². The summed E-state index contributed by atoms with van der Waals surface area (Å²) in [5.74, 6) is -0.719. The van der Waals surface area contributed by atoms with Crippen molar-refractivity contribution in [2.24, 2.45) is 5.41 Å². The second-order valence-electron chi connectivity index (χ2n) is 4.96. The zero-order valence-electron chi connectivity index (χ0n) is 9.21. The van der Waals surface area contributed by atoms with E-state index < -0.39 is 5.97 Å². The lowest BCUT2D eigenvalue weighted by atomic mass is 9.93. The number of nitrogens with one attached hydrogen (secondary N) is 1. The highest BCUT2D eigenvalue weighted by Gasteiger charge is 2.28. The highest BCUT2D eigenvalue weighted by atomic mass is 16.4. The fourth-order valence-electron chi connectivity index (χ4n) is 2.02. The van der Waals surface area contributed by atoms with E-state index in [4.69, 9.17) is 5.11 Å². The van der Waals surface area contributed by atoms with E-state index in [1.54, 1.807) is 0 Å². The number of hydrogen-bond donors (Lipinski definition) is 2. The fraction of sp³-hybridized carbons (Fsp3) is 0.900. The van der Waals surface area contributed by atoms with Crippen molar-refractivity contribution in [3.63, 3.8) is 0 Å². The van der Waals surface area contributed by atoms with Gasteiger partial charge in [-0.05, 0) is 12.5 Å². The topological polar surface area (TPSA) is 52.6 Å². The van der Waals surface area contributed by atoms with E-state index >= 15 is 0 Å². The van der Waals surface area contributed by atoms with Crippen LogP contribution in [-0.2, 0) is 4.79 Å². The van der Waals surface area contributed by atoms with Crippen molar-refractivity contribution in [2.45, 2.75) is 26.3 Å². The lowest BCUT2D eigenvalue weighted by Crippen LogP contribution is -2.39. The smallest absolute Gasteiger partial charge is 0.304 e. The van der Waals surface area contributed by atoms with E-state index in [0.717, 1.165) is 19.6 Å². The second-order valence-corrected chi connectivity index (χ2v) is 4.96. The van der Waals surface area contributed by atoms with E-state index in [-0.39, 0.29) is 17.9 Å². The summed E-state index contributed by atoms with van der Waals surface area (Å²) in [5, 5.41) is 12.1. The summed E-state index contributed by atoms with van der Waals surface area (Å²) < 4.78 is 0. The molecule has 1 fully saturated rings. The molecule has 0 radical (unpaired) electrons. The number of likely N-dealkylation sites (N-methyl/N-ethyl adjacent to an activating group) is 1. The average Bonchev–Trinajstić information content (AvgIpc) is 2.10. The Morgan fingerprint density at radius 1 is 1.64 bits per heavy atom. The van der Waals surface area contributed by atoms with Crippen LogP contribution in [0.25, 0.3) is 0 Å². The first-order valence-electron chi connectivity index (χ1n) is 5.03. The monoisotopic (exact) mass is 200 g/mol. The normalized spacial score (nSPS) is 28.4. The summed E-state index contributed by atoms with van der Waals surface area (Å²) in [6.45, 7) is 7.05. The number of hydrogen-bond acceptors (Lipinski definition) is 3. The maximum Gasteiger partial charge on any atom is 0.304 e. The van der Waals surface area contributed by atoms with Crippen LogP contribution in [0.15, 0.2) is 0 Å². The van der Waals surface area contributed by atoms with E-state index in [1.807, 2.05) is 7.05 Å². The average molecular weight is 200 g/mol. The van der Waals surface area contributed by atoms with E-state index in [9.17, 15) is 4.79 Å². The molecular formula is C10H20N2O2. The molecule has 1 unspecified atom stereocenters. The van der Waals surface area contributed by atoms with E-state index in [1.165, 1.54) is 0 Å². The third-order valence-electron chi connectivity index (χ3n) is 2.69. The van der Waals surface area contributed by atoms with Gasteiger partial charge in [0.05, 0.1) is 6.42 Å². The van der Waals surface area contributed by atoms with Gasteiger partial charge >= 0.3 is 5.97 Å². The third kappa shape index (κ3) is 3.27. The van der Waals surface area contributed by atoms with Crippen LogP contribution >= 0.6 is 0 Å². The van der Waals surface area contributed by atoms with Crippen molar-refractivity contribution in [1.82, 2.24) is 10.2 Å². The Kier molecular flexibility index (Phi) is 3.50. The molecule has 0 aliphatic carbocycles. The molecule has 0 saturated carbocycles. The predicted octanol–water partition coefficient (Wildman–Crippen LogP) is 0.391. The molecule has 1 rings (SSSR count). The minimum atomic E-state index is -0.719. The molecule has 82 valence electrons. The highest BCUT2D eigenvalue weighted by Crippen LogP contribution is 2.19. The predicted molar refractivity (Wildman–Crippen MR) is 55.3 cm³/mol. The van der Waals surface area contributed by atoms with Gasteiger partial charge in [-0.2, -0.15) is 0 Å². The zero-order valence-corrected chi connectivity index (χ0v) is 9.21. The van der Waals surface area contributed by atoms with Crippen LogP contribution in [0.3, 0.4) is 0 Å². The Hall–Kier alpha value is -0.610. The van der Waals surface area contributed by atoms with Crippen LogP contribution in [0, 0.1) is 5.41 Å². The number of aliphatic carboxylic acids is 1. The summed E-state index contributed by atoms with van der Waals surface area (Å²) in [7, 11) is 2.00. The molecule has 4 nitrogen and oxygen atoms in total. The molecule has 0 aromatic rings. The van der Waals surface area contributed by atoms with Crippen LogP contribution in [0.5, 0.6) is 0 Å². The lowest BCUT2D eigenvalue weighted by Gasteiger charge is -2.29. The van der Waals surface area contributed by atoms with Gasteiger partial charge in [0, 0.05) is 25.7 Å². The molecule has 0 aromatic carbocycles. The second kappa shape index (κ2) is 4.28. The minimum Gasteiger partial charge on any atom is -0.481 e. The molecule has 1 atom stereocenters. The molecular weight excluding hydrogens is 180 g/mol. The number of carboxylic acid groups (broad SMARTS) is 1. The Morgan fingerprint density at radius 2 is 2.29 bits per heavy atom. The van der Waals surface area contributed by atoms with Gasteiger partial charge in [0.25, 0.3) is 0 Å². The lowest BCUT2D eigenvalue weighted by molar-refractivity contribution is -0.138. The Morgan fingerprint density at radius 3 is 2.86 bits per heavy atom. The maximum atomic E-state index is 10.6. The first kappa shape index (κ1) is 11.5. The van der Waals surface area contributed by atoms with Gasteiger partial charge in [-0.3, -0.25) is 4.79 Å². The van der Waals surface area contributed by atoms with Crippen molar-refractivity contribution < 1.29 is 9.90 Å². The van der Waals surface area contributed by atoms with Gasteiger partial charge in [0.1, 0.15) is 0 Å². The molecule has 1 heterocycles. The molecule has 4 heteroatoms. The Balaban J connectivity index is 2.58. The van der Waals surface area contributed by atoms with Crippen molar-refractivity contribution in [2.75, 3.05) is 26.7 Å². The van der Waals surface area contributed by atoms with Crippen LogP contribution in [0.4, 0.5) is 0 Å². The first-order valence-corrected chi connectivity index (χ1v) is 5.03. The quantitative estimate of drug-likeness (QED) is 0.677. The van der Waals surface area contributed by atoms with Crippen LogP contribution < -0.4 is 5.32 Å². The van der Waals surface area contributed by atoms with Crippen LogP contribution in [0.2, 0.25) is 0 Å². The molecule has 0 bridgehead atoms. The number of nitrogens with zero attached hydrogens (tertiary/aromatic N) is 1. The molecule has 1 aliphatic heterocycles. The van der Waals surface area contributed by atoms with Gasteiger partial charge in [0.15, 0.2) is 0 Å². The van der Waals surface area contributed by atoms with Gasteiger partial charge in [0.2, 0.25) is 0 Å². The standard InChI is InChI=1S/C10H20N2O2/c1-10(2)6-11-5-8(4-9(13)14)12(3)7-10/h8,11H,4-7H2,1-3H3,(H,13,14). The summed E-state index contributed by atoms with van der Waals surface area (Å²) in [4.78, 5) is 12.8. The summed E-state index contributed by atoms with van der Waals surface area (Å²) in [6, 6.07) is 0.120. The van der Waals surface area contributed by atoms with Crippen molar-refractivity contribution in [3.05, 3.63) is 0 Å². The summed E-state index contributed by atoms with van der Waals surface area (Å²) >= 11 is 0. The molecule has 1 saturated heterocycles. The van der Waals surface area contributed by atoms with Crippen LogP contribution in [0.1, 0.15) is 20.3 Å². The maximum absolute atomic E-state index is 10.6. The molecule has 2 N–H and O–H groups in total. The Labute approximate surface area is 85.3 Å². The van der Waals surface area contributed by atoms with E-state index in [2.05, 4.69) is 24.1 Å². The molecule has 0 spiro atoms. The van der Waals surface area contributed by atoms with Crippen molar-refractivity contribution in [1.29, 1.82) is 0 Å². The third-order valence-corrected chi connectivity index (χ3v) is 2.69. The fourth-order valence-corrected chi connectivity index (χ4v) is 2.02. The molecule has 0 aromatic heterocycles. The molecule has 1 aliphatic rings. The number of rotatable bonds is 2. The van der Waals surface area contributed by atoms with Gasteiger partial charge in [-0.15, -0.1) is 0 Å². The van der Waals surface area contributed by atoms with Crippen molar-refractivity contribution in [3.8, 4) is 0 Å². The first-order chi connectivity index (χ1) is 6.41. The zero-order chi connectivity index (χ0) is 10.8. The van der Waals surface area contributed by atoms with Gasteiger partial charge in [-0.25, -0.2) is 0 Å². The SMILES string of the molecule is CN1CC(C)(C)CNCC1CC(=O)O. The van der Waals surface area contributed by atoms with Gasteiger partial charge in [-0.1, -0.05) is 13.8 Å². The molecule has 0 amide bonds. The van der Waals surface area contributed by atoms with E-state index in [0.29, 0.717) is 0 Å². The minimum absolute atomic E-state index is 0.120. The molecule has 14 heavy (non-hydrogen) atoms. The van der Waals surface area contributed by atoms with Crippen molar-refractivity contribution >= 4 is 5.97 Å². The highest BCUT2D eigenvalue weighted by molar-refractivity contribution is 5.67. The number of carboxylic acids is 1. The number of carbonyl (C=O) groups is 1. The van der Waals surface area contributed by atoms with Gasteiger partial charge < -0.3 is 15.3 Å². The summed E-state index contributed by atoms with van der Waals surface area (Å²) in [6.07, 6.45) is 0.222. The Bertz CT molecular complexity index is 216.